The SMILES string of the molecule is C#CC1(Oc2cc(C(=O)OCCS(=O)(=O)[O-])ccc2F)CCCCC1. The van der Waals surface area contributed by atoms with Crippen LogP contribution < -0.4 is 4.74 Å². The van der Waals surface area contributed by atoms with E-state index in [1.54, 1.807) is 0 Å². The Morgan fingerprint density at radius 3 is 2.60 bits per heavy atom. The van der Waals surface area contributed by atoms with Crippen molar-refractivity contribution in [2.24, 2.45) is 0 Å². The van der Waals surface area contributed by atoms with Gasteiger partial charge in [-0.3, -0.25) is 0 Å². The van der Waals surface area contributed by atoms with E-state index in [0.29, 0.717) is 12.8 Å². The molecule has 0 amide bonds. The highest BCUT2D eigenvalue weighted by Gasteiger charge is 2.33. The second kappa shape index (κ2) is 7.85. The van der Waals surface area contributed by atoms with Crippen LogP contribution in [0.5, 0.6) is 5.75 Å². The fraction of sp³-hybridized carbons (Fsp3) is 0.471. The minimum absolute atomic E-state index is 0.0253. The summed E-state index contributed by atoms with van der Waals surface area (Å²) in [5.41, 5.74) is -0.930. The maximum absolute atomic E-state index is 14.0. The van der Waals surface area contributed by atoms with Crippen molar-refractivity contribution in [3.63, 3.8) is 0 Å². The van der Waals surface area contributed by atoms with Crippen molar-refractivity contribution >= 4 is 16.1 Å². The molecule has 1 aliphatic carbocycles. The molecule has 6 nitrogen and oxygen atoms in total. The summed E-state index contributed by atoms with van der Waals surface area (Å²) in [7, 11) is -4.48. The lowest BCUT2D eigenvalue weighted by atomic mass is 9.85. The Morgan fingerprint density at radius 1 is 1.32 bits per heavy atom. The molecule has 0 saturated heterocycles. The number of rotatable bonds is 6. The lowest BCUT2D eigenvalue weighted by Crippen LogP contribution is -2.36. The third kappa shape index (κ3) is 5.44. The molecule has 1 saturated carbocycles. The summed E-state index contributed by atoms with van der Waals surface area (Å²) in [5, 5.41) is 0. The normalized spacial score (nSPS) is 16.7. The Hall–Kier alpha value is -2.11. The van der Waals surface area contributed by atoms with E-state index in [0.717, 1.165) is 31.4 Å². The van der Waals surface area contributed by atoms with Gasteiger partial charge in [0.05, 0.1) is 21.4 Å². The lowest BCUT2D eigenvalue weighted by Gasteiger charge is -2.33. The summed E-state index contributed by atoms with van der Waals surface area (Å²) in [6, 6.07) is 3.39. The van der Waals surface area contributed by atoms with Gasteiger partial charge < -0.3 is 14.0 Å². The summed E-state index contributed by atoms with van der Waals surface area (Å²) in [4.78, 5) is 11.9. The van der Waals surface area contributed by atoms with Crippen LogP contribution >= 0.6 is 0 Å². The quantitative estimate of drug-likeness (QED) is 0.434. The number of ether oxygens (including phenoxy) is 2. The van der Waals surface area contributed by atoms with Crippen molar-refractivity contribution in [3.8, 4) is 18.1 Å². The molecule has 25 heavy (non-hydrogen) atoms. The topological polar surface area (TPSA) is 92.7 Å². The van der Waals surface area contributed by atoms with E-state index in [2.05, 4.69) is 5.92 Å². The fourth-order valence-electron chi connectivity index (χ4n) is 2.64. The first-order valence-corrected chi connectivity index (χ1v) is 9.39. The van der Waals surface area contributed by atoms with Crippen LogP contribution in [0.25, 0.3) is 0 Å². The molecule has 1 fully saturated rings. The molecule has 136 valence electrons. The summed E-state index contributed by atoms with van der Waals surface area (Å²) in [6.45, 7) is -0.577. The van der Waals surface area contributed by atoms with Crippen molar-refractivity contribution in [1.29, 1.82) is 0 Å². The number of terminal acetylenes is 1. The van der Waals surface area contributed by atoms with Crippen LogP contribution in [-0.2, 0) is 14.9 Å². The van der Waals surface area contributed by atoms with Gasteiger partial charge in [0, 0.05) is 0 Å². The molecule has 0 unspecified atom stereocenters. The number of esters is 1. The standard InChI is InChI=1S/C17H19FO6S/c1-2-17(8-4-3-5-9-17)24-15-12-13(6-7-14(15)18)16(19)23-10-11-25(20,21)22/h1,6-7,12H,3-5,8-11H2,(H,20,21,22)/p-1. The second-order valence-corrected chi connectivity index (χ2v) is 7.37. The maximum Gasteiger partial charge on any atom is 0.338 e. The number of benzene rings is 1. The van der Waals surface area contributed by atoms with Crippen molar-refractivity contribution < 1.29 is 31.6 Å². The molecule has 8 heteroatoms. The molecule has 0 bridgehead atoms. The van der Waals surface area contributed by atoms with Crippen molar-refractivity contribution in [2.45, 2.75) is 37.7 Å². The summed E-state index contributed by atoms with van der Waals surface area (Å²) in [6.07, 6.45) is 9.53. The number of carbonyl (C=O) groups excluding carboxylic acids is 1. The molecule has 1 aromatic rings. The molecule has 0 aromatic heterocycles. The molecule has 2 rings (SSSR count). The highest BCUT2D eigenvalue weighted by Crippen LogP contribution is 2.34. The van der Waals surface area contributed by atoms with Gasteiger partial charge in [0.25, 0.3) is 0 Å². The van der Waals surface area contributed by atoms with Crippen LogP contribution in [0.2, 0.25) is 0 Å². The molecule has 0 aliphatic heterocycles. The minimum Gasteiger partial charge on any atom is -0.748 e. The zero-order chi connectivity index (χ0) is 18.5. The summed E-state index contributed by atoms with van der Waals surface area (Å²) >= 11 is 0. The number of carbonyl (C=O) groups is 1. The highest BCUT2D eigenvalue weighted by atomic mass is 32.2. The van der Waals surface area contributed by atoms with Crippen LogP contribution in [0.15, 0.2) is 18.2 Å². The zero-order valence-electron chi connectivity index (χ0n) is 13.5. The molecule has 0 N–H and O–H groups in total. The van der Waals surface area contributed by atoms with Gasteiger partial charge in [-0.25, -0.2) is 17.6 Å². The molecule has 1 aliphatic rings. The van der Waals surface area contributed by atoms with Crippen LogP contribution in [0.1, 0.15) is 42.5 Å². The molecule has 0 radical (unpaired) electrons. The van der Waals surface area contributed by atoms with Gasteiger partial charge in [0.15, 0.2) is 17.2 Å². The van der Waals surface area contributed by atoms with Crippen molar-refractivity contribution in [1.82, 2.24) is 0 Å². The first-order valence-electron chi connectivity index (χ1n) is 7.82. The smallest absolute Gasteiger partial charge is 0.338 e. The molecule has 0 spiro atoms. The van der Waals surface area contributed by atoms with E-state index in [-0.39, 0.29) is 11.3 Å². The average Bonchev–Trinajstić information content (AvgIpc) is 2.56. The third-order valence-electron chi connectivity index (χ3n) is 3.96. The predicted molar refractivity (Wildman–Crippen MR) is 86.5 cm³/mol. The Kier molecular flexibility index (Phi) is 6.03. The first kappa shape index (κ1) is 19.2. The summed E-state index contributed by atoms with van der Waals surface area (Å²) in [5.74, 6) is 0.0448. The van der Waals surface area contributed by atoms with Gasteiger partial charge >= 0.3 is 5.97 Å². The van der Waals surface area contributed by atoms with E-state index >= 15 is 0 Å². The second-order valence-electron chi connectivity index (χ2n) is 5.84. The van der Waals surface area contributed by atoms with Crippen LogP contribution in [0.4, 0.5) is 4.39 Å². The van der Waals surface area contributed by atoms with E-state index < -0.39 is 39.9 Å². The van der Waals surface area contributed by atoms with E-state index in [1.807, 2.05) is 0 Å². The van der Waals surface area contributed by atoms with Crippen molar-refractivity contribution in [2.75, 3.05) is 12.4 Å². The van der Waals surface area contributed by atoms with E-state index in [1.165, 1.54) is 6.07 Å². The number of hydrogen-bond acceptors (Lipinski definition) is 6. The Morgan fingerprint density at radius 2 is 2.00 bits per heavy atom. The Labute approximate surface area is 146 Å². The largest absolute Gasteiger partial charge is 0.748 e. The zero-order valence-corrected chi connectivity index (χ0v) is 14.3. The molecule has 1 aromatic carbocycles. The average molecular weight is 369 g/mol. The van der Waals surface area contributed by atoms with Gasteiger partial charge in [-0.15, -0.1) is 6.42 Å². The summed E-state index contributed by atoms with van der Waals surface area (Å²) < 4.78 is 56.0. The van der Waals surface area contributed by atoms with E-state index in [9.17, 15) is 22.2 Å². The Balaban J connectivity index is 2.11. The van der Waals surface area contributed by atoms with Gasteiger partial charge in [0.2, 0.25) is 0 Å². The number of halogens is 1. The number of hydrogen-bond donors (Lipinski definition) is 0. The third-order valence-corrected chi connectivity index (χ3v) is 4.63. The van der Waals surface area contributed by atoms with Gasteiger partial charge in [-0.1, -0.05) is 12.3 Å². The molecular weight excluding hydrogens is 351 g/mol. The van der Waals surface area contributed by atoms with Crippen LogP contribution in [0, 0.1) is 18.2 Å². The van der Waals surface area contributed by atoms with Gasteiger partial charge in [-0.05, 0) is 43.9 Å². The van der Waals surface area contributed by atoms with Gasteiger partial charge in [-0.2, -0.15) is 0 Å². The monoisotopic (exact) mass is 369 g/mol. The lowest BCUT2D eigenvalue weighted by molar-refractivity contribution is 0.0524. The highest BCUT2D eigenvalue weighted by molar-refractivity contribution is 7.85. The van der Waals surface area contributed by atoms with E-state index in [4.69, 9.17) is 15.9 Å². The van der Waals surface area contributed by atoms with Gasteiger partial charge in [0.1, 0.15) is 6.61 Å². The predicted octanol–water partition coefficient (Wildman–Crippen LogP) is 2.24. The Bertz CT molecular complexity index is 775. The van der Waals surface area contributed by atoms with Crippen LogP contribution in [-0.4, -0.2) is 36.9 Å². The molecule has 0 heterocycles. The minimum atomic E-state index is -4.48. The maximum atomic E-state index is 14.0. The van der Waals surface area contributed by atoms with Crippen LogP contribution in [0.3, 0.4) is 0 Å². The fourth-order valence-corrected chi connectivity index (χ4v) is 2.92. The molecular formula is C17H18FO6S-. The van der Waals surface area contributed by atoms with Crippen molar-refractivity contribution in [3.05, 3.63) is 29.6 Å². The molecule has 0 atom stereocenters. The first-order chi connectivity index (χ1) is 11.7.